The summed E-state index contributed by atoms with van der Waals surface area (Å²) >= 11 is 0. The summed E-state index contributed by atoms with van der Waals surface area (Å²) in [5.74, 6) is -1.20. The quantitative estimate of drug-likeness (QED) is 0.844. The van der Waals surface area contributed by atoms with Crippen LogP contribution in [0.2, 0.25) is 0 Å². The van der Waals surface area contributed by atoms with Crippen molar-refractivity contribution in [1.82, 2.24) is 10.2 Å². The molecule has 0 radical (unpaired) electrons. The maximum Gasteiger partial charge on any atom is 0.419 e. The average molecular weight is 313 g/mol. The summed E-state index contributed by atoms with van der Waals surface area (Å²) in [6.45, 7) is 4.49. The van der Waals surface area contributed by atoms with Gasteiger partial charge in [-0.3, -0.25) is 4.90 Å². The second-order valence-electron chi connectivity index (χ2n) is 4.66. The first kappa shape index (κ1) is 17.2. The Bertz CT molecular complexity index is 444. The fraction of sp³-hybridized carbons (Fsp3) is 0.538. The summed E-state index contributed by atoms with van der Waals surface area (Å²) < 4.78 is 52.4. The predicted molar refractivity (Wildman–Crippen MR) is 71.5 cm³/mol. The van der Waals surface area contributed by atoms with Gasteiger partial charge >= 0.3 is 6.18 Å². The van der Waals surface area contributed by atoms with Gasteiger partial charge in [-0.25, -0.2) is 4.39 Å². The van der Waals surface area contributed by atoms with Crippen molar-refractivity contribution in [3.63, 3.8) is 0 Å². The van der Waals surface area contributed by atoms with Crippen LogP contribution < -0.4 is 5.32 Å². The standard InChI is InChI=1S/C13H16F4N2.ClH/c1-9(19-7-5-18-6-8-19)10-3-2-4-11(14)12(10)13(15,16)17;/h2-4,9,18H,5-8H2,1H3;1H/t9-;/m0./s1. The maximum absolute atomic E-state index is 13.5. The largest absolute Gasteiger partial charge is 0.419 e. The number of benzene rings is 1. The van der Waals surface area contributed by atoms with Crippen LogP contribution in [0, 0.1) is 5.82 Å². The molecule has 1 N–H and O–H groups in total. The van der Waals surface area contributed by atoms with E-state index in [0.717, 1.165) is 19.2 Å². The molecular formula is C13H17ClF4N2. The van der Waals surface area contributed by atoms with Crippen LogP contribution in [0.5, 0.6) is 0 Å². The number of halogens is 5. The Morgan fingerprint density at radius 2 is 1.80 bits per heavy atom. The van der Waals surface area contributed by atoms with Gasteiger partial charge < -0.3 is 5.32 Å². The van der Waals surface area contributed by atoms with Gasteiger partial charge in [-0.1, -0.05) is 12.1 Å². The minimum Gasteiger partial charge on any atom is -0.314 e. The fourth-order valence-corrected chi connectivity index (χ4v) is 2.45. The van der Waals surface area contributed by atoms with Gasteiger partial charge in [0.05, 0.1) is 5.56 Å². The number of piperazine rings is 1. The van der Waals surface area contributed by atoms with Crippen molar-refractivity contribution < 1.29 is 17.6 Å². The van der Waals surface area contributed by atoms with E-state index in [2.05, 4.69) is 5.32 Å². The van der Waals surface area contributed by atoms with Crippen LogP contribution in [-0.4, -0.2) is 31.1 Å². The summed E-state index contributed by atoms with van der Waals surface area (Å²) in [6, 6.07) is 3.10. The molecule has 0 unspecified atom stereocenters. The van der Waals surface area contributed by atoms with E-state index >= 15 is 0 Å². The molecule has 1 aromatic carbocycles. The number of nitrogens with zero attached hydrogens (tertiary/aromatic N) is 1. The van der Waals surface area contributed by atoms with E-state index in [9.17, 15) is 17.6 Å². The van der Waals surface area contributed by atoms with Crippen LogP contribution in [0.1, 0.15) is 24.1 Å². The van der Waals surface area contributed by atoms with Crippen LogP contribution >= 0.6 is 12.4 Å². The molecule has 1 atom stereocenters. The zero-order valence-corrected chi connectivity index (χ0v) is 11.8. The fourth-order valence-electron chi connectivity index (χ4n) is 2.45. The van der Waals surface area contributed by atoms with E-state index in [1.807, 2.05) is 4.90 Å². The SMILES string of the molecule is C[C@@H](c1cccc(F)c1C(F)(F)F)N1CCNCC1.Cl. The van der Waals surface area contributed by atoms with Gasteiger partial charge in [0.15, 0.2) is 0 Å². The van der Waals surface area contributed by atoms with Crippen LogP contribution in [-0.2, 0) is 6.18 Å². The third kappa shape index (κ3) is 3.62. The minimum absolute atomic E-state index is 0. The van der Waals surface area contributed by atoms with E-state index in [-0.39, 0.29) is 18.0 Å². The van der Waals surface area contributed by atoms with Gasteiger partial charge in [-0.2, -0.15) is 13.2 Å². The lowest BCUT2D eigenvalue weighted by Gasteiger charge is -2.34. The zero-order valence-electron chi connectivity index (χ0n) is 11.0. The van der Waals surface area contributed by atoms with Gasteiger partial charge in [0.2, 0.25) is 0 Å². The van der Waals surface area contributed by atoms with Crippen molar-refractivity contribution in [3.05, 3.63) is 35.1 Å². The average Bonchev–Trinajstić information content (AvgIpc) is 2.37. The molecule has 0 saturated carbocycles. The van der Waals surface area contributed by atoms with Crippen molar-refractivity contribution in [2.75, 3.05) is 26.2 Å². The Balaban J connectivity index is 0.00000200. The lowest BCUT2D eigenvalue weighted by atomic mass is 9.98. The second-order valence-corrected chi connectivity index (χ2v) is 4.66. The van der Waals surface area contributed by atoms with Gasteiger partial charge in [-0.05, 0) is 18.6 Å². The highest BCUT2D eigenvalue weighted by Gasteiger charge is 2.38. The Hall–Kier alpha value is -0.850. The summed E-state index contributed by atoms with van der Waals surface area (Å²) in [6.07, 6.45) is -4.66. The number of alkyl halides is 3. The van der Waals surface area contributed by atoms with E-state index in [0.29, 0.717) is 13.1 Å². The molecule has 2 rings (SSSR count). The number of hydrogen-bond donors (Lipinski definition) is 1. The van der Waals surface area contributed by atoms with Crippen LogP contribution in [0.3, 0.4) is 0 Å². The Morgan fingerprint density at radius 3 is 2.35 bits per heavy atom. The topological polar surface area (TPSA) is 15.3 Å². The number of rotatable bonds is 2. The molecule has 0 bridgehead atoms. The summed E-state index contributed by atoms with van der Waals surface area (Å²) in [5, 5.41) is 3.14. The first-order valence-corrected chi connectivity index (χ1v) is 6.21. The van der Waals surface area contributed by atoms with Crippen molar-refractivity contribution >= 4 is 12.4 Å². The van der Waals surface area contributed by atoms with Gasteiger partial charge in [-0.15, -0.1) is 12.4 Å². The van der Waals surface area contributed by atoms with Crippen molar-refractivity contribution in [2.24, 2.45) is 0 Å². The van der Waals surface area contributed by atoms with Crippen molar-refractivity contribution in [2.45, 2.75) is 19.1 Å². The van der Waals surface area contributed by atoms with E-state index in [4.69, 9.17) is 0 Å². The smallest absolute Gasteiger partial charge is 0.314 e. The molecule has 114 valence electrons. The monoisotopic (exact) mass is 312 g/mol. The molecule has 1 heterocycles. The Labute approximate surface area is 121 Å². The Kier molecular flexibility index (Phi) is 5.79. The molecule has 0 amide bonds. The molecule has 0 aromatic heterocycles. The number of hydrogen-bond acceptors (Lipinski definition) is 2. The lowest BCUT2D eigenvalue weighted by Crippen LogP contribution is -2.44. The molecule has 0 spiro atoms. The molecule has 0 aliphatic carbocycles. The maximum atomic E-state index is 13.5. The molecule has 1 aromatic rings. The van der Waals surface area contributed by atoms with Gasteiger partial charge in [0.25, 0.3) is 0 Å². The zero-order chi connectivity index (χ0) is 14.0. The molecule has 20 heavy (non-hydrogen) atoms. The highest BCUT2D eigenvalue weighted by atomic mass is 35.5. The highest BCUT2D eigenvalue weighted by Crippen LogP contribution is 2.37. The third-order valence-corrected chi connectivity index (χ3v) is 3.48. The predicted octanol–water partition coefficient (Wildman–Crippen LogP) is 3.23. The molecule has 1 aliphatic rings. The number of nitrogens with one attached hydrogen (secondary N) is 1. The molecular weight excluding hydrogens is 296 g/mol. The minimum atomic E-state index is -4.66. The van der Waals surface area contributed by atoms with E-state index in [1.165, 1.54) is 12.1 Å². The normalized spacial score (nSPS) is 18.4. The van der Waals surface area contributed by atoms with Crippen LogP contribution in [0.25, 0.3) is 0 Å². The van der Waals surface area contributed by atoms with Crippen LogP contribution in [0.15, 0.2) is 18.2 Å². The van der Waals surface area contributed by atoms with Crippen molar-refractivity contribution in [1.29, 1.82) is 0 Å². The van der Waals surface area contributed by atoms with E-state index in [1.54, 1.807) is 6.92 Å². The van der Waals surface area contributed by atoms with E-state index < -0.39 is 23.6 Å². The van der Waals surface area contributed by atoms with Gasteiger partial charge in [0.1, 0.15) is 5.82 Å². The molecule has 2 nitrogen and oxygen atoms in total. The lowest BCUT2D eigenvalue weighted by molar-refractivity contribution is -0.141. The van der Waals surface area contributed by atoms with Crippen LogP contribution in [0.4, 0.5) is 17.6 Å². The summed E-state index contributed by atoms with van der Waals surface area (Å²) in [7, 11) is 0. The first-order chi connectivity index (χ1) is 8.91. The molecule has 1 fully saturated rings. The summed E-state index contributed by atoms with van der Waals surface area (Å²) in [4.78, 5) is 1.93. The molecule has 1 aliphatic heterocycles. The van der Waals surface area contributed by atoms with Crippen molar-refractivity contribution in [3.8, 4) is 0 Å². The molecule has 1 saturated heterocycles. The third-order valence-electron chi connectivity index (χ3n) is 3.48. The molecule has 7 heteroatoms. The Morgan fingerprint density at radius 1 is 1.20 bits per heavy atom. The first-order valence-electron chi connectivity index (χ1n) is 6.21. The highest BCUT2D eigenvalue weighted by molar-refractivity contribution is 5.85. The summed E-state index contributed by atoms with van der Waals surface area (Å²) in [5.41, 5.74) is -1.13. The second kappa shape index (κ2) is 6.74. The van der Waals surface area contributed by atoms with Gasteiger partial charge in [0, 0.05) is 32.2 Å².